The van der Waals surface area contributed by atoms with E-state index in [1.807, 2.05) is 48.5 Å². The molecule has 3 aromatic carbocycles. The van der Waals surface area contributed by atoms with E-state index in [1.54, 1.807) is 37.4 Å². The topological polar surface area (TPSA) is 77.5 Å². The number of fused-ring (bicyclic) bond motifs is 1. The lowest BCUT2D eigenvalue weighted by Gasteiger charge is -2.13. The molecule has 0 saturated heterocycles. The molecule has 154 valence electrons. The van der Waals surface area contributed by atoms with E-state index < -0.39 is 5.97 Å². The van der Waals surface area contributed by atoms with Gasteiger partial charge in [-0.15, -0.1) is 0 Å². The maximum absolute atomic E-state index is 13.3. The molecule has 0 unspecified atom stereocenters. The highest BCUT2D eigenvalue weighted by molar-refractivity contribution is 6.14. The predicted octanol–water partition coefficient (Wildman–Crippen LogP) is 4.95. The standard InChI is InChI=1S/C25H20N2O4/c1-30-17-9-7-8-16(14-17)23-15-20(18-10-3-5-12-21(18)26-23)24(28)27-22-13-6-4-11-19(22)25(29)31-2/h3-15H,1-2H3,(H,27,28). The molecule has 4 aromatic rings. The highest BCUT2D eigenvalue weighted by Gasteiger charge is 2.18. The van der Waals surface area contributed by atoms with E-state index in [0.717, 1.165) is 5.56 Å². The van der Waals surface area contributed by atoms with Gasteiger partial charge in [0, 0.05) is 10.9 Å². The van der Waals surface area contributed by atoms with Gasteiger partial charge in [-0.2, -0.15) is 0 Å². The monoisotopic (exact) mass is 412 g/mol. The number of aromatic nitrogens is 1. The van der Waals surface area contributed by atoms with Crippen molar-refractivity contribution in [3.8, 4) is 17.0 Å². The minimum Gasteiger partial charge on any atom is -0.497 e. The Balaban J connectivity index is 1.80. The van der Waals surface area contributed by atoms with Gasteiger partial charge in [0.05, 0.1) is 42.2 Å². The molecule has 0 aliphatic rings. The van der Waals surface area contributed by atoms with Gasteiger partial charge in [-0.3, -0.25) is 4.79 Å². The summed E-state index contributed by atoms with van der Waals surface area (Å²) in [6.07, 6.45) is 0. The smallest absolute Gasteiger partial charge is 0.339 e. The normalized spacial score (nSPS) is 10.5. The molecular weight excluding hydrogens is 392 g/mol. The van der Waals surface area contributed by atoms with Gasteiger partial charge in [-0.1, -0.05) is 42.5 Å². The van der Waals surface area contributed by atoms with Crippen molar-refractivity contribution in [3.63, 3.8) is 0 Å². The van der Waals surface area contributed by atoms with Crippen molar-refractivity contribution < 1.29 is 19.1 Å². The van der Waals surface area contributed by atoms with Gasteiger partial charge < -0.3 is 14.8 Å². The fourth-order valence-electron chi connectivity index (χ4n) is 3.36. The Bertz CT molecular complexity index is 1280. The Morgan fingerprint density at radius 3 is 2.42 bits per heavy atom. The van der Waals surface area contributed by atoms with Crippen molar-refractivity contribution >= 4 is 28.5 Å². The van der Waals surface area contributed by atoms with Crippen LogP contribution in [-0.2, 0) is 4.74 Å². The molecule has 1 N–H and O–H groups in total. The zero-order chi connectivity index (χ0) is 21.8. The first kappa shape index (κ1) is 20.1. The summed E-state index contributed by atoms with van der Waals surface area (Å²) in [6, 6.07) is 23.4. The second kappa shape index (κ2) is 8.67. The zero-order valence-electron chi connectivity index (χ0n) is 17.1. The zero-order valence-corrected chi connectivity index (χ0v) is 17.1. The predicted molar refractivity (Wildman–Crippen MR) is 119 cm³/mol. The average Bonchev–Trinajstić information content (AvgIpc) is 2.83. The van der Waals surface area contributed by atoms with Gasteiger partial charge in [0.15, 0.2) is 0 Å². The SMILES string of the molecule is COC(=O)c1ccccc1NC(=O)c1cc(-c2cccc(OC)c2)nc2ccccc12. The average molecular weight is 412 g/mol. The molecule has 0 fully saturated rings. The summed E-state index contributed by atoms with van der Waals surface area (Å²) in [7, 11) is 2.91. The summed E-state index contributed by atoms with van der Waals surface area (Å²) in [6.45, 7) is 0. The number of carbonyl (C=O) groups is 2. The van der Waals surface area contributed by atoms with Gasteiger partial charge in [0.2, 0.25) is 0 Å². The maximum Gasteiger partial charge on any atom is 0.339 e. The van der Waals surface area contributed by atoms with Crippen LogP contribution in [0.2, 0.25) is 0 Å². The van der Waals surface area contributed by atoms with Gasteiger partial charge >= 0.3 is 5.97 Å². The van der Waals surface area contributed by atoms with Crippen LogP contribution in [0.1, 0.15) is 20.7 Å². The summed E-state index contributed by atoms with van der Waals surface area (Å²) in [5.41, 5.74) is 3.27. The number of nitrogens with zero attached hydrogens (tertiary/aromatic N) is 1. The Hall–Kier alpha value is -4.19. The third-order valence-corrected chi connectivity index (χ3v) is 4.91. The highest BCUT2D eigenvalue weighted by Crippen LogP contribution is 2.28. The Morgan fingerprint density at radius 1 is 0.839 bits per heavy atom. The molecule has 0 aliphatic carbocycles. The fraction of sp³-hybridized carbons (Fsp3) is 0.0800. The molecule has 1 amide bonds. The van der Waals surface area contributed by atoms with Crippen LogP contribution in [0.25, 0.3) is 22.2 Å². The molecule has 31 heavy (non-hydrogen) atoms. The van der Waals surface area contributed by atoms with Crippen LogP contribution < -0.4 is 10.1 Å². The van der Waals surface area contributed by atoms with E-state index in [-0.39, 0.29) is 11.5 Å². The molecule has 0 bridgehead atoms. The number of nitrogens with one attached hydrogen (secondary N) is 1. The van der Waals surface area contributed by atoms with E-state index >= 15 is 0 Å². The Labute approximate surface area is 179 Å². The van der Waals surface area contributed by atoms with E-state index in [9.17, 15) is 9.59 Å². The molecule has 0 atom stereocenters. The number of hydrogen-bond donors (Lipinski definition) is 1. The van der Waals surface area contributed by atoms with Gasteiger partial charge in [-0.05, 0) is 36.4 Å². The number of hydrogen-bond acceptors (Lipinski definition) is 5. The minimum absolute atomic E-state index is 0.282. The van der Waals surface area contributed by atoms with Crippen LogP contribution in [0.3, 0.4) is 0 Å². The maximum atomic E-state index is 13.3. The number of esters is 1. The lowest BCUT2D eigenvalue weighted by molar-refractivity contribution is 0.0602. The molecule has 0 spiro atoms. The van der Waals surface area contributed by atoms with Crippen LogP contribution in [0.5, 0.6) is 5.75 Å². The van der Waals surface area contributed by atoms with Crippen molar-refractivity contribution in [3.05, 3.63) is 90.0 Å². The van der Waals surface area contributed by atoms with Crippen LogP contribution in [0.15, 0.2) is 78.9 Å². The first-order chi connectivity index (χ1) is 15.1. The van der Waals surface area contributed by atoms with Crippen molar-refractivity contribution in [2.45, 2.75) is 0 Å². The number of anilines is 1. The number of para-hydroxylation sites is 2. The van der Waals surface area contributed by atoms with Crippen molar-refractivity contribution in [2.75, 3.05) is 19.5 Å². The number of amides is 1. The lowest BCUT2D eigenvalue weighted by atomic mass is 10.0. The summed E-state index contributed by atoms with van der Waals surface area (Å²) in [5, 5.41) is 3.55. The Kier molecular flexibility index (Phi) is 5.62. The van der Waals surface area contributed by atoms with Gasteiger partial charge in [0.25, 0.3) is 5.91 Å². The molecule has 0 radical (unpaired) electrons. The largest absolute Gasteiger partial charge is 0.497 e. The number of pyridine rings is 1. The summed E-state index contributed by atoms with van der Waals surface area (Å²) in [4.78, 5) is 30.1. The van der Waals surface area contributed by atoms with E-state index in [4.69, 9.17) is 14.5 Å². The lowest BCUT2D eigenvalue weighted by Crippen LogP contribution is -2.16. The van der Waals surface area contributed by atoms with E-state index in [1.165, 1.54) is 7.11 Å². The first-order valence-electron chi connectivity index (χ1n) is 9.63. The van der Waals surface area contributed by atoms with E-state index in [2.05, 4.69) is 5.32 Å². The van der Waals surface area contributed by atoms with Crippen LogP contribution in [-0.4, -0.2) is 31.1 Å². The number of benzene rings is 3. The van der Waals surface area contributed by atoms with Crippen molar-refractivity contribution in [1.82, 2.24) is 4.98 Å². The van der Waals surface area contributed by atoms with Crippen molar-refractivity contribution in [1.29, 1.82) is 0 Å². The second-order valence-corrected chi connectivity index (χ2v) is 6.80. The fourth-order valence-corrected chi connectivity index (χ4v) is 3.36. The first-order valence-corrected chi connectivity index (χ1v) is 9.63. The molecule has 1 aromatic heterocycles. The third kappa shape index (κ3) is 4.09. The molecule has 4 rings (SSSR count). The third-order valence-electron chi connectivity index (χ3n) is 4.91. The number of methoxy groups -OCH3 is 2. The number of rotatable bonds is 5. The van der Waals surface area contributed by atoms with Crippen LogP contribution in [0.4, 0.5) is 5.69 Å². The van der Waals surface area contributed by atoms with E-state index in [0.29, 0.717) is 33.6 Å². The molecular formula is C25H20N2O4. The molecule has 1 heterocycles. The molecule has 6 heteroatoms. The van der Waals surface area contributed by atoms with Gasteiger partial charge in [-0.25, -0.2) is 9.78 Å². The van der Waals surface area contributed by atoms with Crippen LogP contribution in [0, 0.1) is 0 Å². The molecule has 0 aliphatic heterocycles. The quantitative estimate of drug-likeness (QED) is 0.469. The van der Waals surface area contributed by atoms with Crippen LogP contribution >= 0.6 is 0 Å². The van der Waals surface area contributed by atoms with Crippen molar-refractivity contribution in [2.24, 2.45) is 0 Å². The minimum atomic E-state index is -0.521. The molecule has 0 saturated carbocycles. The Morgan fingerprint density at radius 2 is 1.61 bits per heavy atom. The summed E-state index contributed by atoms with van der Waals surface area (Å²) in [5.74, 6) is -0.169. The highest BCUT2D eigenvalue weighted by atomic mass is 16.5. The number of carbonyl (C=O) groups excluding carboxylic acids is 2. The summed E-state index contributed by atoms with van der Waals surface area (Å²) < 4.78 is 10.1. The number of ether oxygens (including phenoxy) is 2. The molecule has 6 nitrogen and oxygen atoms in total. The van der Waals surface area contributed by atoms with Gasteiger partial charge in [0.1, 0.15) is 5.75 Å². The summed E-state index contributed by atoms with van der Waals surface area (Å²) >= 11 is 0. The second-order valence-electron chi connectivity index (χ2n) is 6.80.